The van der Waals surface area contributed by atoms with E-state index in [4.69, 9.17) is 4.74 Å². The van der Waals surface area contributed by atoms with E-state index < -0.39 is 0 Å². The van der Waals surface area contributed by atoms with Gasteiger partial charge in [0.1, 0.15) is 5.75 Å². The van der Waals surface area contributed by atoms with Crippen molar-refractivity contribution < 1.29 is 9.53 Å². The van der Waals surface area contributed by atoms with Crippen molar-refractivity contribution in [2.75, 3.05) is 13.2 Å². The Morgan fingerprint density at radius 3 is 2.85 bits per heavy atom. The number of aromatic amines is 1. The summed E-state index contributed by atoms with van der Waals surface area (Å²) in [4.78, 5) is 17.4. The van der Waals surface area contributed by atoms with Gasteiger partial charge in [-0.15, -0.1) is 0 Å². The minimum absolute atomic E-state index is 0.0472. The Bertz CT molecular complexity index is 551. The van der Waals surface area contributed by atoms with Gasteiger partial charge in [0.2, 0.25) is 0 Å². The number of aromatic nitrogens is 1. The molecule has 1 aromatic carbocycles. The van der Waals surface area contributed by atoms with Crippen LogP contribution in [0.2, 0.25) is 0 Å². The lowest BCUT2D eigenvalue weighted by Crippen LogP contribution is -2.34. The molecule has 1 aliphatic heterocycles. The van der Waals surface area contributed by atoms with Crippen LogP contribution >= 0.6 is 0 Å². The Hall–Kier alpha value is -2.23. The molecule has 0 saturated carbocycles. The average molecular weight is 270 g/mol. The van der Waals surface area contributed by atoms with Gasteiger partial charge in [-0.2, -0.15) is 0 Å². The van der Waals surface area contributed by atoms with E-state index in [-0.39, 0.29) is 18.6 Å². The van der Waals surface area contributed by atoms with E-state index in [0.29, 0.717) is 0 Å². The fourth-order valence-corrected chi connectivity index (χ4v) is 2.68. The molecule has 0 aliphatic carbocycles. The molecule has 2 heterocycles. The van der Waals surface area contributed by atoms with Crippen LogP contribution in [-0.2, 0) is 4.79 Å². The van der Waals surface area contributed by atoms with Crippen LogP contribution in [0.25, 0.3) is 0 Å². The highest BCUT2D eigenvalue weighted by Crippen LogP contribution is 2.30. The zero-order chi connectivity index (χ0) is 13.8. The second kappa shape index (κ2) is 5.82. The molecule has 0 bridgehead atoms. The van der Waals surface area contributed by atoms with Crippen LogP contribution in [0.3, 0.4) is 0 Å². The Morgan fingerprint density at radius 1 is 1.25 bits per heavy atom. The van der Waals surface area contributed by atoms with Gasteiger partial charge in [-0.25, -0.2) is 0 Å². The molecule has 0 spiro atoms. The minimum Gasteiger partial charge on any atom is -0.484 e. The van der Waals surface area contributed by atoms with Crippen molar-refractivity contribution in [1.82, 2.24) is 9.88 Å². The summed E-state index contributed by atoms with van der Waals surface area (Å²) in [6.45, 7) is 0.905. The Balaban J connectivity index is 1.62. The first-order chi connectivity index (χ1) is 9.84. The number of carbonyl (C=O) groups excluding carboxylic acids is 1. The van der Waals surface area contributed by atoms with Crippen molar-refractivity contribution in [2.45, 2.75) is 18.9 Å². The molecule has 1 fully saturated rings. The van der Waals surface area contributed by atoms with E-state index in [9.17, 15) is 4.79 Å². The number of benzene rings is 1. The summed E-state index contributed by atoms with van der Waals surface area (Å²) in [7, 11) is 0. The third-order valence-corrected chi connectivity index (χ3v) is 3.66. The van der Waals surface area contributed by atoms with Crippen molar-refractivity contribution in [1.29, 1.82) is 0 Å². The molecule has 1 amide bonds. The molecular formula is C16H18N2O2. The summed E-state index contributed by atoms with van der Waals surface area (Å²) >= 11 is 0. The number of hydrogen-bond acceptors (Lipinski definition) is 2. The molecule has 2 aromatic rings. The fourth-order valence-electron chi connectivity index (χ4n) is 2.68. The van der Waals surface area contributed by atoms with Crippen molar-refractivity contribution in [3.05, 3.63) is 54.4 Å². The largest absolute Gasteiger partial charge is 0.484 e. The second-order valence-electron chi connectivity index (χ2n) is 4.97. The third kappa shape index (κ3) is 2.69. The summed E-state index contributed by atoms with van der Waals surface area (Å²) in [5.41, 5.74) is 1.11. The Labute approximate surface area is 118 Å². The topological polar surface area (TPSA) is 45.3 Å². The molecule has 4 nitrogen and oxygen atoms in total. The van der Waals surface area contributed by atoms with Crippen molar-refractivity contribution in [2.24, 2.45) is 0 Å². The van der Waals surface area contributed by atoms with Gasteiger partial charge in [-0.3, -0.25) is 4.79 Å². The highest BCUT2D eigenvalue weighted by atomic mass is 16.5. The number of amides is 1. The maximum absolute atomic E-state index is 12.3. The van der Waals surface area contributed by atoms with E-state index in [1.807, 2.05) is 53.6 Å². The first-order valence-corrected chi connectivity index (χ1v) is 6.95. The number of rotatable bonds is 4. The number of likely N-dealkylation sites (tertiary alicyclic amines) is 1. The predicted molar refractivity (Wildman–Crippen MR) is 76.4 cm³/mol. The molecule has 3 rings (SSSR count). The smallest absolute Gasteiger partial charge is 0.261 e. The van der Waals surface area contributed by atoms with E-state index in [1.165, 1.54) is 0 Å². The van der Waals surface area contributed by atoms with Crippen LogP contribution in [0, 0.1) is 0 Å². The number of carbonyl (C=O) groups is 1. The highest BCUT2D eigenvalue weighted by Gasteiger charge is 2.30. The molecule has 1 N–H and O–H groups in total. The average Bonchev–Trinajstić information content (AvgIpc) is 3.15. The van der Waals surface area contributed by atoms with Gasteiger partial charge in [-0.1, -0.05) is 18.2 Å². The maximum atomic E-state index is 12.3. The van der Waals surface area contributed by atoms with Gasteiger partial charge in [0.25, 0.3) is 5.91 Å². The first kappa shape index (κ1) is 12.8. The number of hydrogen-bond donors (Lipinski definition) is 1. The van der Waals surface area contributed by atoms with Gasteiger partial charge in [-0.05, 0) is 37.1 Å². The first-order valence-electron chi connectivity index (χ1n) is 6.95. The summed E-state index contributed by atoms with van der Waals surface area (Å²) in [5, 5.41) is 0. The lowest BCUT2D eigenvalue weighted by Gasteiger charge is -2.24. The van der Waals surface area contributed by atoms with Gasteiger partial charge < -0.3 is 14.6 Å². The van der Waals surface area contributed by atoms with E-state index in [2.05, 4.69) is 4.98 Å². The van der Waals surface area contributed by atoms with Gasteiger partial charge in [0.05, 0.1) is 6.04 Å². The third-order valence-electron chi connectivity index (χ3n) is 3.66. The molecular weight excluding hydrogens is 252 g/mol. The fraction of sp³-hybridized carbons (Fsp3) is 0.312. The highest BCUT2D eigenvalue weighted by molar-refractivity contribution is 5.78. The molecule has 1 atom stereocenters. The minimum atomic E-state index is 0.0472. The SMILES string of the molecule is O=C(COc1ccccc1)N1CCCC1c1ccc[nH]1. The summed E-state index contributed by atoms with van der Waals surface area (Å²) < 4.78 is 5.54. The summed E-state index contributed by atoms with van der Waals surface area (Å²) in [5.74, 6) is 0.780. The Morgan fingerprint density at radius 2 is 2.10 bits per heavy atom. The Kier molecular flexibility index (Phi) is 3.72. The van der Waals surface area contributed by atoms with Crippen LogP contribution in [-0.4, -0.2) is 28.9 Å². The lowest BCUT2D eigenvalue weighted by molar-refractivity contribution is -0.134. The van der Waals surface area contributed by atoms with Crippen LogP contribution in [0.5, 0.6) is 5.75 Å². The molecule has 4 heteroatoms. The van der Waals surface area contributed by atoms with Gasteiger partial charge >= 0.3 is 0 Å². The number of nitrogens with one attached hydrogen (secondary N) is 1. The van der Waals surface area contributed by atoms with Crippen LogP contribution in [0.1, 0.15) is 24.6 Å². The van der Waals surface area contributed by atoms with Gasteiger partial charge in [0.15, 0.2) is 6.61 Å². The molecule has 104 valence electrons. The zero-order valence-corrected chi connectivity index (χ0v) is 11.3. The molecule has 1 aromatic heterocycles. The summed E-state index contributed by atoms with van der Waals surface area (Å²) in [6.07, 6.45) is 3.95. The number of H-pyrrole nitrogens is 1. The predicted octanol–water partition coefficient (Wildman–Crippen LogP) is 2.76. The normalized spacial score (nSPS) is 18.2. The number of nitrogens with zero attached hydrogens (tertiary/aromatic N) is 1. The monoisotopic (exact) mass is 270 g/mol. The quantitative estimate of drug-likeness (QED) is 0.928. The van der Waals surface area contributed by atoms with E-state index in [0.717, 1.165) is 30.8 Å². The molecule has 1 saturated heterocycles. The maximum Gasteiger partial charge on any atom is 0.261 e. The van der Waals surface area contributed by atoms with E-state index in [1.54, 1.807) is 0 Å². The lowest BCUT2D eigenvalue weighted by atomic mass is 10.1. The number of para-hydroxylation sites is 1. The standard InChI is InChI=1S/C16H18N2O2/c19-16(12-20-13-6-2-1-3-7-13)18-11-5-9-15(18)14-8-4-10-17-14/h1-4,6-8,10,15,17H,5,9,11-12H2. The van der Waals surface area contributed by atoms with Crippen molar-refractivity contribution in [3.8, 4) is 5.75 Å². The van der Waals surface area contributed by atoms with Crippen LogP contribution in [0.4, 0.5) is 0 Å². The van der Waals surface area contributed by atoms with Crippen LogP contribution < -0.4 is 4.74 Å². The molecule has 1 aliphatic rings. The van der Waals surface area contributed by atoms with Crippen molar-refractivity contribution >= 4 is 5.91 Å². The van der Waals surface area contributed by atoms with Gasteiger partial charge in [0, 0.05) is 18.4 Å². The van der Waals surface area contributed by atoms with Crippen molar-refractivity contribution in [3.63, 3.8) is 0 Å². The summed E-state index contributed by atoms with van der Waals surface area (Å²) in [6, 6.07) is 13.6. The van der Waals surface area contributed by atoms with Crippen LogP contribution in [0.15, 0.2) is 48.7 Å². The molecule has 1 unspecified atom stereocenters. The number of ether oxygens (including phenoxy) is 1. The molecule has 0 radical (unpaired) electrons. The zero-order valence-electron chi connectivity index (χ0n) is 11.3. The van der Waals surface area contributed by atoms with E-state index >= 15 is 0 Å². The molecule has 20 heavy (non-hydrogen) atoms. The second-order valence-corrected chi connectivity index (χ2v) is 4.97.